The molecule has 42 heavy (non-hydrogen) atoms. The van der Waals surface area contributed by atoms with Crippen molar-refractivity contribution < 1.29 is 0 Å². The Morgan fingerprint density at radius 3 is 2.02 bits per heavy atom. The highest BCUT2D eigenvalue weighted by Gasteiger charge is 2.56. The van der Waals surface area contributed by atoms with E-state index >= 15 is 0 Å². The molecule has 0 bridgehead atoms. The van der Waals surface area contributed by atoms with Gasteiger partial charge in [0, 0.05) is 34.3 Å². The molecule has 2 fully saturated rings. The number of rotatable bonds is 4. The second-order valence-corrected chi connectivity index (χ2v) is 11.5. The average Bonchev–Trinajstić information content (AvgIpc) is 3.36. The minimum absolute atomic E-state index is 0.251. The first-order chi connectivity index (χ1) is 20.8. The zero-order chi connectivity index (χ0) is 27.8. The lowest BCUT2D eigenvalue weighted by Crippen LogP contribution is -2.79. The van der Waals surface area contributed by atoms with Gasteiger partial charge in [0.15, 0.2) is 0 Å². The third-order valence-electron chi connectivity index (χ3n) is 9.39. The summed E-state index contributed by atoms with van der Waals surface area (Å²) in [4.78, 5) is 0. The highest BCUT2D eigenvalue weighted by Crippen LogP contribution is 2.52. The number of fused-ring (bicyclic) bond motifs is 7. The number of hydrazine groups is 1. The van der Waals surface area contributed by atoms with Gasteiger partial charge in [-0.15, -0.1) is 0 Å². The summed E-state index contributed by atoms with van der Waals surface area (Å²) >= 11 is 0. The number of para-hydroxylation sites is 1. The predicted molar refractivity (Wildman–Crippen MR) is 173 cm³/mol. The smallest absolute Gasteiger partial charge is 0.0665 e. The lowest BCUT2D eigenvalue weighted by Gasteiger charge is -2.67. The Hall–Kier alpha value is -4.90. The van der Waals surface area contributed by atoms with Gasteiger partial charge in [-0.05, 0) is 46.5 Å². The van der Waals surface area contributed by atoms with Gasteiger partial charge >= 0.3 is 0 Å². The van der Waals surface area contributed by atoms with Crippen LogP contribution in [0.4, 0.5) is 5.69 Å². The Kier molecular flexibility index (Phi) is 5.12. The summed E-state index contributed by atoms with van der Waals surface area (Å²) < 4.78 is 2.42. The van der Waals surface area contributed by atoms with Gasteiger partial charge in [0.25, 0.3) is 0 Å². The zero-order valence-corrected chi connectivity index (χ0v) is 23.1. The number of hydrogen-bond donors (Lipinski definition) is 1. The van der Waals surface area contributed by atoms with Crippen LogP contribution < -0.4 is 5.73 Å². The summed E-state index contributed by atoms with van der Waals surface area (Å²) in [6.07, 6.45) is 8.98. The first-order valence-electron chi connectivity index (χ1n) is 14.7. The molecule has 202 valence electrons. The molecule has 9 rings (SSSR count). The van der Waals surface area contributed by atoms with Gasteiger partial charge in [0.2, 0.25) is 0 Å². The predicted octanol–water partition coefficient (Wildman–Crippen LogP) is 8.15. The summed E-state index contributed by atoms with van der Waals surface area (Å²) in [6, 6.07) is 42.4. The first-order valence-corrected chi connectivity index (χ1v) is 14.7. The van der Waals surface area contributed by atoms with E-state index in [9.17, 15) is 0 Å². The van der Waals surface area contributed by atoms with E-state index < -0.39 is 0 Å². The molecule has 0 radical (unpaired) electrons. The fraction of sp³-hybridized carbons (Fsp3) is 0.105. The van der Waals surface area contributed by atoms with Gasteiger partial charge in [-0.2, -0.15) is 0 Å². The Balaban J connectivity index is 1.28. The van der Waals surface area contributed by atoms with Crippen LogP contribution in [0.15, 0.2) is 140 Å². The van der Waals surface area contributed by atoms with Crippen LogP contribution in [-0.2, 0) is 0 Å². The van der Waals surface area contributed by atoms with Crippen molar-refractivity contribution >= 4 is 27.5 Å². The van der Waals surface area contributed by atoms with E-state index in [1.165, 1.54) is 38.5 Å². The van der Waals surface area contributed by atoms with Crippen LogP contribution in [0.5, 0.6) is 0 Å². The van der Waals surface area contributed by atoms with Gasteiger partial charge in [-0.3, -0.25) is 0 Å². The number of hydrogen-bond acceptors (Lipinski definition) is 3. The van der Waals surface area contributed by atoms with E-state index in [-0.39, 0.29) is 6.04 Å². The Bertz CT molecular complexity index is 2040. The van der Waals surface area contributed by atoms with Crippen molar-refractivity contribution in [2.45, 2.75) is 18.1 Å². The molecule has 3 unspecified atom stereocenters. The number of allylic oxidation sites excluding steroid dienone is 2. The SMILES string of the molecule is Nc1c(C2CN3C4C=CC=CC4N23)cc2c(c1-c1ccccc1)c1ccccc1n2-c1ccc(-c2ccccc2)cc1. The van der Waals surface area contributed by atoms with E-state index in [0.717, 1.165) is 29.0 Å². The molecule has 2 N–H and O–H groups in total. The van der Waals surface area contributed by atoms with Crippen LogP contribution >= 0.6 is 0 Å². The molecule has 6 aromatic rings. The molecule has 3 heterocycles. The Morgan fingerprint density at radius 1 is 0.619 bits per heavy atom. The average molecular weight is 543 g/mol. The molecule has 0 saturated carbocycles. The van der Waals surface area contributed by atoms with Crippen molar-refractivity contribution in [3.63, 3.8) is 0 Å². The van der Waals surface area contributed by atoms with Gasteiger partial charge in [0.05, 0.1) is 29.2 Å². The molecule has 4 nitrogen and oxygen atoms in total. The van der Waals surface area contributed by atoms with E-state index in [1.54, 1.807) is 0 Å². The van der Waals surface area contributed by atoms with Gasteiger partial charge < -0.3 is 10.3 Å². The van der Waals surface area contributed by atoms with Crippen molar-refractivity contribution in [1.29, 1.82) is 0 Å². The molecule has 0 amide bonds. The van der Waals surface area contributed by atoms with Crippen molar-refractivity contribution in [2.24, 2.45) is 0 Å². The minimum Gasteiger partial charge on any atom is -0.398 e. The van der Waals surface area contributed by atoms with Crippen LogP contribution in [0, 0.1) is 0 Å². The van der Waals surface area contributed by atoms with E-state index in [4.69, 9.17) is 5.73 Å². The summed E-state index contributed by atoms with van der Waals surface area (Å²) in [5, 5.41) is 7.41. The van der Waals surface area contributed by atoms with Gasteiger partial charge in [-0.25, -0.2) is 10.0 Å². The maximum Gasteiger partial charge on any atom is 0.0665 e. The summed E-state index contributed by atoms with van der Waals surface area (Å²) in [5.41, 5.74) is 17.6. The number of aromatic nitrogens is 1. The molecular formula is C38H30N4. The standard InChI is InChI=1S/C38H30N4/c39-38-30(35-24-40-32-17-9-10-18-33(32)42(35)40)23-34-37(36(38)27-13-5-2-6-14-27)29-15-7-8-16-31(29)41(34)28-21-19-26(20-22-28)25-11-3-1-4-12-25/h1-23,32-33,35H,24,39H2. The van der Waals surface area contributed by atoms with Crippen LogP contribution in [0.3, 0.4) is 0 Å². The third kappa shape index (κ3) is 3.31. The topological polar surface area (TPSA) is 37.4 Å². The number of nitrogens with two attached hydrogens (primary N) is 1. The zero-order valence-electron chi connectivity index (χ0n) is 23.1. The highest BCUT2D eigenvalue weighted by molar-refractivity contribution is 6.18. The molecule has 0 spiro atoms. The van der Waals surface area contributed by atoms with Crippen LogP contribution in [0.1, 0.15) is 11.6 Å². The number of benzene rings is 5. The maximum atomic E-state index is 7.23. The van der Waals surface area contributed by atoms with Crippen molar-refractivity contribution in [1.82, 2.24) is 14.6 Å². The van der Waals surface area contributed by atoms with E-state index in [2.05, 4.69) is 154 Å². The van der Waals surface area contributed by atoms with Crippen LogP contribution in [-0.4, -0.2) is 33.2 Å². The highest BCUT2D eigenvalue weighted by atomic mass is 15.8. The van der Waals surface area contributed by atoms with E-state index in [0.29, 0.717) is 12.1 Å². The number of nitrogens with zero attached hydrogens (tertiary/aromatic N) is 3. The van der Waals surface area contributed by atoms with E-state index in [1.807, 2.05) is 0 Å². The number of nitrogen functional groups attached to an aromatic ring is 1. The Morgan fingerprint density at radius 2 is 1.26 bits per heavy atom. The van der Waals surface area contributed by atoms with Gasteiger partial charge in [0.1, 0.15) is 0 Å². The second-order valence-electron chi connectivity index (χ2n) is 11.5. The molecule has 3 aliphatic rings. The first kappa shape index (κ1) is 23.8. The summed E-state index contributed by atoms with van der Waals surface area (Å²) in [5.74, 6) is 0. The lowest BCUT2D eigenvalue weighted by atomic mass is 9.84. The van der Waals surface area contributed by atoms with Crippen molar-refractivity contribution in [2.75, 3.05) is 12.3 Å². The summed E-state index contributed by atoms with van der Waals surface area (Å²) in [6.45, 7) is 0.981. The molecule has 2 aliphatic heterocycles. The fourth-order valence-corrected chi connectivity index (χ4v) is 7.42. The van der Waals surface area contributed by atoms with Gasteiger partial charge in [-0.1, -0.05) is 115 Å². The van der Waals surface area contributed by atoms with Crippen molar-refractivity contribution in [3.05, 3.63) is 145 Å². The normalized spacial score (nSPS) is 21.2. The Labute approximate surface area is 245 Å². The fourth-order valence-electron chi connectivity index (χ4n) is 7.42. The monoisotopic (exact) mass is 542 g/mol. The second kappa shape index (κ2) is 9.05. The lowest BCUT2D eigenvalue weighted by molar-refractivity contribution is -0.289. The molecular weight excluding hydrogens is 512 g/mol. The quantitative estimate of drug-likeness (QED) is 0.228. The molecule has 5 aromatic carbocycles. The minimum atomic E-state index is 0.251. The third-order valence-corrected chi connectivity index (χ3v) is 9.39. The maximum absolute atomic E-state index is 7.23. The molecule has 1 aromatic heterocycles. The van der Waals surface area contributed by atoms with Crippen LogP contribution in [0.2, 0.25) is 0 Å². The molecule has 2 saturated heterocycles. The molecule has 1 aliphatic carbocycles. The molecule has 4 heteroatoms. The number of piperazine rings is 1. The molecule has 3 atom stereocenters. The van der Waals surface area contributed by atoms with Crippen molar-refractivity contribution in [3.8, 4) is 27.9 Å². The summed E-state index contributed by atoms with van der Waals surface area (Å²) in [7, 11) is 0. The van der Waals surface area contributed by atoms with Crippen LogP contribution in [0.25, 0.3) is 49.7 Å². The number of anilines is 1. The largest absolute Gasteiger partial charge is 0.398 e.